The van der Waals surface area contributed by atoms with Crippen molar-refractivity contribution in [3.63, 3.8) is 0 Å². The fraction of sp³-hybridized carbons (Fsp3) is 0. The van der Waals surface area contributed by atoms with Gasteiger partial charge in [-0.05, 0) is 0 Å². The minimum Gasteiger partial charge on any atom is -0.560 e. The first-order chi connectivity index (χ1) is 5.63. The number of rotatable bonds is 0. The molecule has 0 N–H and O–H groups in total. The topological polar surface area (TPSA) is 117 Å². The summed E-state index contributed by atoms with van der Waals surface area (Å²) in [6.45, 7) is 0. The highest BCUT2D eigenvalue weighted by Gasteiger charge is 2.44. The van der Waals surface area contributed by atoms with Crippen LogP contribution in [0.3, 0.4) is 0 Å². The third-order valence-corrected chi connectivity index (χ3v) is 1.19. The van der Waals surface area contributed by atoms with Gasteiger partial charge in [-0.25, -0.2) is 0 Å². The molecule has 0 spiro atoms. The smallest absolute Gasteiger partial charge is 0.419 e. The van der Waals surface area contributed by atoms with Gasteiger partial charge < -0.3 is 10.4 Å². The highest BCUT2D eigenvalue weighted by molar-refractivity contribution is 6.70. The minimum atomic E-state index is -1.13. The summed E-state index contributed by atoms with van der Waals surface area (Å²) in [5.74, 6) is -1.13. The molecule has 12 heavy (non-hydrogen) atoms. The van der Waals surface area contributed by atoms with Gasteiger partial charge >= 0.3 is 17.2 Å². The molecule has 1 aliphatic heterocycles. The SMILES string of the molecule is N#CC1=[N+]([O-])[N+]([O-])=C(C#N)C1=O. The van der Waals surface area contributed by atoms with Gasteiger partial charge in [-0.1, -0.05) is 0 Å². The molecule has 0 aromatic rings. The fourth-order valence-corrected chi connectivity index (χ4v) is 0.655. The molecule has 0 aliphatic carbocycles. The van der Waals surface area contributed by atoms with Crippen molar-refractivity contribution in [2.24, 2.45) is 0 Å². The van der Waals surface area contributed by atoms with Crippen LogP contribution in [0, 0.1) is 33.1 Å². The van der Waals surface area contributed by atoms with Crippen LogP contribution in [-0.2, 0) is 4.79 Å². The van der Waals surface area contributed by atoms with Crippen molar-refractivity contribution in [1.82, 2.24) is 0 Å². The number of nitriles is 2. The number of carbonyl (C=O) groups is 1. The van der Waals surface area contributed by atoms with Gasteiger partial charge in [-0.15, -0.1) is 0 Å². The summed E-state index contributed by atoms with van der Waals surface area (Å²) >= 11 is 0. The predicted molar refractivity (Wildman–Crippen MR) is 33.5 cm³/mol. The molecule has 0 atom stereocenters. The molecule has 0 aromatic carbocycles. The van der Waals surface area contributed by atoms with E-state index in [1.54, 1.807) is 0 Å². The molecule has 1 heterocycles. The van der Waals surface area contributed by atoms with Crippen LogP contribution in [0.4, 0.5) is 0 Å². The van der Waals surface area contributed by atoms with Crippen LogP contribution >= 0.6 is 0 Å². The van der Waals surface area contributed by atoms with Crippen molar-refractivity contribution in [1.29, 1.82) is 10.5 Å². The Hall–Kier alpha value is -2.41. The van der Waals surface area contributed by atoms with Crippen LogP contribution in [0.5, 0.6) is 0 Å². The first-order valence-corrected chi connectivity index (χ1v) is 2.66. The Labute approximate surface area is 65.8 Å². The lowest BCUT2D eigenvalue weighted by Gasteiger charge is -1.91. The molecular weight excluding hydrogens is 164 g/mol. The van der Waals surface area contributed by atoms with Gasteiger partial charge in [0.25, 0.3) is 0 Å². The van der Waals surface area contributed by atoms with Crippen molar-refractivity contribution in [3.8, 4) is 12.1 Å². The standard InChI is InChI=1S/C5N4O3/c6-1-3-5(10)4(2-7)9(12)8(3)11. The lowest BCUT2D eigenvalue weighted by Crippen LogP contribution is -2.18. The molecule has 0 fully saturated rings. The zero-order valence-electron chi connectivity index (χ0n) is 5.51. The van der Waals surface area contributed by atoms with E-state index in [2.05, 4.69) is 0 Å². The molecule has 0 amide bonds. The summed E-state index contributed by atoms with van der Waals surface area (Å²) in [4.78, 5) is 9.87. The van der Waals surface area contributed by atoms with E-state index in [9.17, 15) is 15.2 Å². The second kappa shape index (κ2) is 2.32. The number of hydrogen-bond donors (Lipinski definition) is 0. The summed E-state index contributed by atoms with van der Waals surface area (Å²) in [7, 11) is 0. The van der Waals surface area contributed by atoms with Crippen LogP contribution in [0.15, 0.2) is 0 Å². The van der Waals surface area contributed by atoms with Crippen LogP contribution in [-0.4, -0.2) is 26.9 Å². The molecule has 58 valence electrons. The first kappa shape index (κ1) is 7.69. The second-order valence-corrected chi connectivity index (χ2v) is 1.80. The molecular formula is C5N4O3. The average molecular weight is 164 g/mol. The number of ketones is 1. The van der Waals surface area contributed by atoms with Crippen molar-refractivity contribution in [2.75, 3.05) is 0 Å². The van der Waals surface area contributed by atoms with Gasteiger partial charge in [-0.3, -0.25) is 4.79 Å². The molecule has 0 bridgehead atoms. The zero-order valence-corrected chi connectivity index (χ0v) is 5.51. The van der Waals surface area contributed by atoms with Gasteiger partial charge in [-0.2, -0.15) is 10.5 Å². The molecule has 0 radical (unpaired) electrons. The van der Waals surface area contributed by atoms with Crippen molar-refractivity contribution in [2.45, 2.75) is 0 Å². The molecule has 0 aromatic heterocycles. The summed E-state index contributed by atoms with van der Waals surface area (Å²) in [5.41, 5.74) is -1.77. The Morgan fingerprint density at radius 2 is 1.42 bits per heavy atom. The number of nitrogens with zero attached hydrogens (tertiary/aromatic N) is 4. The number of carbonyl (C=O) groups excluding carboxylic acids is 1. The number of Topliss-reactive ketones (excluding diaryl/α,β-unsaturated/α-hetero) is 1. The summed E-state index contributed by atoms with van der Waals surface area (Å²) in [5, 5.41) is 37.6. The Morgan fingerprint density at radius 1 is 1.08 bits per heavy atom. The lowest BCUT2D eigenvalue weighted by molar-refractivity contribution is -1.05. The highest BCUT2D eigenvalue weighted by Crippen LogP contribution is 1.95. The van der Waals surface area contributed by atoms with Crippen LogP contribution in [0.1, 0.15) is 0 Å². The highest BCUT2D eigenvalue weighted by atomic mass is 16.7. The molecule has 1 rings (SSSR count). The first-order valence-electron chi connectivity index (χ1n) is 2.66. The maximum atomic E-state index is 10.8. The van der Waals surface area contributed by atoms with E-state index in [0.717, 1.165) is 0 Å². The quantitative estimate of drug-likeness (QED) is 0.316. The molecule has 0 saturated heterocycles. The van der Waals surface area contributed by atoms with Gasteiger partial charge in [0.2, 0.25) is 0 Å². The summed E-state index contributed by atoms with van der Waals surface area (Å²) in [6.07, 6.45) is 0. The maximum Gasteiger partial charge on any atom is 0.419 e. The van der Waals surface area contributed by atoms with E-state index in [0.29, 0.717) is 0 Å². The molecule has 7 heteroatoms. The van der Waals surface area contributed by atoms with E-state index in [4.69, 9.17) is 10.5 Å². The van der Waals surface area contributed by atoms with E-state index in [1.165, 1.54) is 12.1 Å². The Bertz CT molecular complexity index is 367. The second-order valence-electron chi connectivity index (χ2n) is 1.80. The third kappa shape index (κ3) is 0.707. The lowest BCUT2D eigenvalue weighted by atomic mass is 10.2. The number of hydrogen-bond acceptors (Lipinski definition) is 5. The van der Waals surface area contributed by atoms with Crippen molar-refractivity contribution in [3.05, 3.63) is 10.4 Å². The maximum absolute atomic E-state index is 10.8. The molecule has 0 saturated carbocycles. The summed E-state index contributed by atoms with van der Waals surface area (Å²) < 4.78 is 0. The van der Waals surface area contributed by atoms with Crippen molar-refractivity contribution < 1.29 is 14.5 Å². The van der Waals surface area contributed by atoms with Crippen molar-refractivity contribution >= 4 is 17.2 Å². The molecule has 7 nitrogen and oxygen atoms in total. The Kier molecular flexibility index (Phi) is 1.49. The third-order valence-electron chi connectivity index (χ3n) is 1.19. The normalized spacial score (nSPS) is 16.3. The fourth-order valence-electron chi connectivity index (χ4n) is 0.655. The Morgan fingerprint density at radius 3 is 1.58 bits per heavy atom. The number of hydrazone groups is 2. The monoisotopic (exact) mass is 164 g/mol. The molecule has 1 aliphatic rings. The average Bonchev–Trinajstić information content (AvgIpc) is 2.25. The van der Waals surface area contributed by atoms with E-state index in [1.807, 2.05) is 0 Å². The largest absolute Gasteiger partial charge is 0.560 e. The van der Waals surface area contributed by atoms with E-state index >= 15 is 0 Å². The Balaban J connectivity index is 3.35. The van der Waals surface area contributed by atoms with Gasteiger partial charge in [0.1, 0.15) is 9.70 Å². The minimum absolute atomic E-state index is 0.457. The van der Waals surface area contributed by atoms with Gasteiger partial charge in [0, 0.05) is 0 Å². The van der Waals surface area contributed by atoms with Crippen LogP contribution in [0.2, 0.25) is 0 Å². The summed E-state index contributed by atoms with van der Waals surface area (Å²) in [6, 6.07) is 2.45. The van der Waals surface area contributed by atoms with Crippen LogP contribution in [0.25, 0.3) is 0 Å². The van der Waals surface area contributed by atoms with E-state index in [-0.39, 0.29) is 0 Å². The predicted octanol–water partition coefficient (Wildman–Crippen LogP) is -1.57. The molecule has 0 unspecified atom stereocenters. The van der Waals surface area contributed by atoms with Crippen LogP contribution < -0.4 is 0 Å². The van der Waals surface area contributed by atoms with E-state index < -0.39 is 26.9 Å². The zero-order chi connectivity index (χ0) is 9.30. The van der Waals surface area contributed by atoms with Gasteiger partial charge in [0.15, 0.2) is 12.1 Å². The van der Waals surface area contributed by atoms with Gasteiger partial charge in [0.05, 0.1) is 0 Å². The number of hydrazine groups is 1.